The molecule has 4 rings (SSSR count). The standard InChI is InChI=1S/C21H22N4O3S/c1-15-9-10-16(29(27,28)25-11-5-2-6-12-25)13-19(15)24-21(26)20-14-22-17-7-3-4-8-18(17)23-20/h3-4,7-10,13-14H,2,5-6,11-12H2,1H3,(H,24,26). The molecule has 1 aliphatic heterocycles. The fraction of sp³-hybridized carbons (Fsp3) is 0.286. The number of para-hydroxylation sites is 2. The number of nitrogens with one attached hydrogen (secondary N) is 1. The molecule has 0 spiro atoms. The highest BCUT2D eigenvalue weighted by atomic mass is 32.2. The van der Waals surface area contributed by atoms with Gasteiger partial charge in [-0.25, -0.2) is 13.4 Å². The molecular weight excluding hydrogens is 388 g/mol. The number of carbonyl (C=O) groups is 1. The van der Waals surface area contributed by atoms with Crippen molar-refractivity contribution in [3.8, 4) is 0 Å². The average molecular weight is 410 g/mol. The second-order valence-electron chi connectivity index (χ2n) is 7.14. The highest BCUT2D eigenvalue weighted by Crippen LogP contribution is 2.25. The maximum absolute atomic E-state index is 12.9. The van der Waals surface area contributed by atoms with Crippen LogP contribution in [0.25, 0.3) is 11.0 Å². The number of aromatic nitrogens is 2. The lowest BCUT2D eigenvalue weighted by molar-refractivity contribution is 0.102. The van der Waals surface area contributed by atoms with Crippen LogP contribution in [0.2, 0.25) is 0 Å². The second-order valence-corrected chi connectivity index (χ2v) is 9.08. The van der Waals surface area contributed by atoms with Gasteiger partial charge in [0.1, 0.15) is 5.69 Å². The van der Waals surface area contributed by atoms with Crippen molar-refractivity contribution in [3.05, 3.63) is 59.9 Å². The molecule has 0 saturated carbocycles. The third-order valence-electron chi connectivity index (χ3n) is 5.09. The Morgan fingerprint density at radius 3 is 2.52 bits per heavy atom. The summed E-state index contributed by atoms with van der Waals surface area (Å²) in [6, 6.07) is 12.1. The van der Waals surface area contributed by atoms with Crippen LogP contribution in [0.1, 0.15) is 35.3 Å². The van der Waals surface area contributed by atoms with Gasteiger partial charge in [-0.05, 0) is 49.6 Å². The van der Waals surface area contributed by atoms with E-state index in [4.69, 9.17) is 0 Å². The first kappa shape index (κ1) is 19.5. The monoisotopic (exact) mass is 410 g/mol. The highest BCUT2D eigenvalue weighted by Gasteiger charge is 2.26. The van der Waals surface area contributed by atoms with Gasteiger partial charge in [0.05, 0.1) is 22.1 Å². The first-order chi connectivity index (χ1) is 13.9. The third-order valence-corrected chi connectivity index (χ3v) is 6.99. The zero-order valence-corrected chi connectivity index (χ0v) is 16.9. The Bertz CT molecular complexity index is 1170. The van der Waals surface area contributed by atoms with Crippen LogP contribution >= 0.6 is 0 Å². The van der Waals surface area contributed by atoms with E-state index in [9.17, 15) is 13.2 Å². The van der Waals surface area contributed by atoms with Crippen LogP contribution in [0.4, 0.5) is 5.69 Å². The number of hydrogen-bond acceptors (Lipinski definition) is 5. The Labute approximate surface area is 169 Å². The molecule has 1 amide bonds. The molecule has 7 nitrogen and oxygen atoms in total. The molecule has 0 aliphatic carbocycles. The summed E-state index contributed by atoms with van der Waals surface area (Å²) in [5, 5.41) is 2.78. The van der Waals surface area contributed by atoms with Crippen LogP contribution in [-0.2, 0) is 10.0 Å². The number of sulfonamides is 1. The molecule has 1 saturated heterocycles. The van der Waals surface area contributed by atoms with Crippen molar-refractivity contribution >= 4 is 32.7 Å². The lowest BCUT2D eigenvalue weighted by Gasteiger charge is -2.26. The number of aryl methyl sites for hydroxylation is 1. The maximum Gasteiger partial charge on any atom is 0.275 e. The molecule has 1 fully saturated rings. The van der Waals surface area contributed by atoms with E-state index in [-0.39, 0.29) is 10.6 Å². The fourth-order valence-electron chi connectivity index (χ4n) is 3.40. The summed E-state index contributed by atoms with van der Waals surface area (Å²) < 4.78 is 27.4. The lowest BCUT2D eigenvalue weighted by Crippen LogP contribution is -2.35. The van der Waals surface area contributed by atoms with E-state index in [0.29, 0.717) is 29.8 Å². The summed E-state index contributed by atoms with van der Waals surface area (Å²) in [7, 11) is -3.58. The molecule has 3 aromatic rings. The van der Waals surface area contributed by atoms with E-state index < -0.39 is 15.9 Å². The van der Waals surface area contributed by atoms with Crippen molar-refractivity contribution in [1.29, 1.82) is 0 Å². The summed E-state index contributed by atoms with van der Waals surface area (Å²) in [6.45, 7) is 2.88. The first-order valence-electron chi connectivity index (χ1n) is 9.59. The SMILES string of the molecule is Cc1ccc(S(=O)(=O)N2CCCCC2)cc1NC(=O)c1cnc2ccccc2n1. The smallest absolute Gasteiger partial charge is 0.275 e. The first-order valence-corrected chi connectivity index (χ1v) is 11.0. The van der Waals surface area contributed by atoms with Gasteiger partial charge in [0.2, 0.25) is 10.0 Å². The van der Waals surface area contributed by atoms with Gasteiger partial charge in [0, 0.05) is 18.8 Å². The van der Waals surface area contributed by atoms with Crippen molar-refractivity contribution in [3.63, 3.8) is 0 Å². The van der Waals surface area contributed by atoms with Gasteiger partial charge in [0.25, 0.3) is 5.91 Å². The molecule has 1 aliphatic rings. The highest BCUT2D eigenvalue weighted by molar-refractivity contribution is 7.89. The van der Waals surface area contributed by atoms with Crippen LogP contribution in [0, 0.1) is 6.92 Å². The predicted octanol–water partition coefficient (Wildman–Crippen LogP) is 3.37. The lowest BCUT2D eigenvalue weighted by atomic mass is 10.2. The Morgan fingerprint density at radius 1 is 1.03 bits per heavy atom. The molecular formula is C21H22N4O3S. The van der Waals surface area contributed by atoms with Gasteiger partial charge in [-0.15, -0.1) is 0 Å². The minimum atomic E-state index is -3.58. The van der Waals surface area contributed by atoms with Crippen molar-refractivity contribution in [2.24, 2.45) is 0 Å². The van der Waals surface area contributed by atoms with Gasteiger partial charge in [-0.1, -0.05) is 24.6 Å². The number of hydrogen-bond donors (Lipinski definition) is 1. The molecule has 2 aromatic carbocycles. The van der Waals surface area contributed by atoms with Crippen LogP contribution in [0.5, 0.6) is 0 Å². The Kier molecular flexibility index (Phi) is 5.29. The van der Waals surface area contributed by atoms with E-state index in [1.807, 2.05) is 25.1 Å². The van der Waals surface area contributed by atoms with Gasteiger partial charge in [-0.2, -0.15) is 4.31 Å². The minimum absolute atomic E-state index is 0.174. The van der Waals surface area contributed by atoms with Crippen LogP contribution in [0.15, 0.2) is 53.6 Å². The molecule has 0 radical (unpaired) electrons. The van der Waals surface area contributed by atoms with E-state index in [2.05, 4.69) is 15.3 Å². The zero-order valence-electron chi connectivity index (χ0n) is 16.1. The molecule has 29 heavy (non-hydrogen) atoms. The normalized spacial score (nSPS) is 15.3. The fourth-order valence-corrected chi connectivity index (χ4v) is 4.95. The number of benzene rings is 2. The van der Waals surface area contributed by atoms with E-state index >= 15 is 0 Å². The van der Waals surface area contributed by atoms with Crippen LogP contribution in [0.3, 0.4) is 0 Å². The number of amides is 1. The quantitative estimate of drug-likeness (QED) is 0.712. The number of piperidine rings is 1. The van der Waals surface area contributed by atoms with E-state index in [1.54, 1.807) is 18.2 Å². The number of rotatable bonds is 4. The van der Waals surface area contributed by atoms with E-state index in [1.165, 1.54) is 16.6 Å². The average Bonchev–Trinajstić information content (AvgIpc) is 2.75. The van der Waals surface area contributed by atoms with Crippen molar-refractivity contribution < 1.29 is 13.2 Å². The molecule has 0 bridgehead atoms. The summed E-state index contributed by atoms with van der Waals surface area (Å²) in [5.41, 5.74) is 2.72. The van der Waals surface area contributed by atoms with Gasteiger partial charge >= 0.3 is 0 Å². The summed E-state index contributed by atoms with van der Waals surface area (Å²) in [4.78, 5) is 21.5. The van der Waals surface area contributed by atoms with Crippen LogP contribution < -0.4 is 5.32 Å². The van der Waals surface area contributed by atoms with Crippen molar-refractivity contribution in [2.45, 2.75) is 31.1 Å². The van der Waals surface area contributed by atoms with Gasteiger partial charge in [-0.3, -0.25) is 9.78 Å². The maximum atomic E-state index is 12.9. The largest absolute Gasteiger partial charge is 0.320 e. The van der Waals surface area contributed by atoms with E-state index in [0.717, 1.165) is 24.8 Å². The van der Waals surface area contributed by atoms with Crippen molar-refractivity contribution in [2.75, 3.05) is 18.4 Å². The Balaban J connectivity index is 1.61. The van der Waals surface area contributed by atoms with Crippen LogP contribution in [-0.4, -0.2) is 41.7 Å². The molecule has 2 heterocycles. The zero-order chi connectivity index (χ0) is 20.4. The van der Waals surface area contributed by atoms with Gasteiger partial charge in [0.15, 0.2) is 0 Å². The summed E-state index contributed by atoms with van der Waals surface area (Å²) >= 11 is 0. The number of fused-ring (bicyclic) bond motifs is 1. The molecule has 0 unspecified atom stereocenters. The number of anilines is 1. The Hall–Kier alpha value is -2.84. The third kappa shape index (κ3) is 3.99. The molecule has 0 atom stereocenters. The predicted molar refractivity (Wildman–Crippen MR) is 111 cm³/mol. The minimum Gasteiger partial charge on any atom is -0.320 e. The van der Waals surface area contributed by atoms with Gasteiger partial charge < -0.3 is 5.32 Å². The second kappa shape index (κ2) is 7.88. The topological polar surface area (TPSA) is 92.3 Å². The number of carbonyl (C=O) groups excluding carboxylic acids is 1. The molecule has 1 N–H and O–H groups in total. The molecule has 8 heteroatoms. The van der Waals surface area contributed by atoms with Crippen molar-refractivity contribution in [1.82, 2.24) is 14.3 Å². The Morgan fingerprint density at radius 2 is 1.76 bits per heavy atom. The summed E-state index contributed by atoms with van der Waals surface area (Å²) in [6.07, 6.45) is 4.21. The number of nitrogens with zero attached hydrogens (tertiary/aromatic N) is 3. The summed E-state index contributed by atoms with van der Waals surface area (Å²) in [5.74, 6) is -0.432. The molecule has 150 valence electrons. The molecule has 1 aromatic heterocycles.